The molecule has 0 spiro atoms. The molecule has 21 heavy (non-hydrogen) atoms. The van der Waals surface area contributed by atoms with Crippen molar-refractivity contribution < 1.29 is 4.42 Å². The predicted molar refractivity (Wildman–Crippen MR) is 81.9 cm³/mol. The van der Waals surface area contributed by atoms with Crippen molar-refractivity contribution in [1.82, 2.24) is 14.8 Å². The quantitative estimate of drug-likeness (QED) is 0.774. The van der Waals surface area contributed by atoms with Gasteiger partial charge in [-0.3, -0.25) is 4.68 Å². The summed E-state index contributed by atoms with van der Waals surface area (Å²) in [4.78, 5) is 3.94. The van der Waals surface area contributed by atoms with Crippen LogP contribution in [-0.4, -0.2) is 14.8 Å². The van der Waals surface area contributed by atoms with Crippen molar-refractivity contribution in [3.8, 4) is 11.3 Å². The first-order valence-corrected chi connectivity index (χ1v) is 6.98. The molecule has 3 aromatic rings. The molecule has 1 N–H and O–H groups in total. The number of oxazole rings is 1. The second-order valence-electron chi connectivity index (χ2n) is 5.22. The molecule has 3 rings (SSSR count). The predicted octanol–water partition coefficient (Wildman–Crippen LogP) is 3.73. The van der Waals surface area contributed by atoms with Gasteiger partial charge in [0, 0.05) is 35.6 Å². The second-order valence-corrected chi connectivity index (χ2v) is 5.22. The average Bonchev–Trinajstić information content (AvgIpc) is 3.17. The lowest BCUT2D eigenvalue weighted by atomic mass is 10.1. The van der Waals surface area contributed by atoms with Gasteiger partial charge in [-0.1, -0.05) is 12.1 Å². The molecule has 2 heterocycles. The van der Waals surface area contributed by atoms with Crippen LogP contribution in [0.4, 0.5) is 5.69 Å². The topological polar surface area (TPSA) is 55.9 Å². The van der Waals surface area contributed by atoms with Gasteiger partial charge >= 0.3 is 0 Å². The molecule has 0 atom stereocenters. The Kier molecular flexibility index (Phi) is 3.73. The van der Waals surface area contributed by atoms with Crippen LogP contribution >= 0.6 is 0 Å². The summed E-state index contributed by atoms with van der Waals surface area (Å²) in [7, 11) is 0. The first-order valence-electron chi connectivity index (χ1n) is 6.98. The van der Waals surface area contributed by atoms with Crippen LogP contribution in [0.3, 0.4) is 0 Å². The van der Waals surface area contributed by atoms with E-state index in [4.69, 9.17) is 4.42 Å². The Bertz CT molecular complexity index is 701. The molecular formula is C16H18N4O. The van der Waals surface area contributed by atoms with Gasteiger partial charge in [-0.15, -0.1) is 0 Å². The van der Waals surface area contributed by atoms with Crippen molar-refractivity contribution in [1.29, 1.82) is 0 Å². The maximum Gasteiger partial charge on any atom is 0.181 e. The first-order chi connectivity index (χ1) is 10.2. The van der Waals surface area contributed by atoms with Crippen LogP contribution in [0.15, 0.2) is 53.7 Å². The van der Waals surface area contributed by atoms with Crippen LogP contribution in [0, 0.1) is 0 Å². The molecule has 0 amide bonds. The molecule has 5 heteroatoms. The van der Waals surface area contributed by atoms with Crippen molar-refractivity contribution in [2.45, 2.75) is 26.4 Å². The molecule has 0 radical (unpaired) electrons. The SMILES string of the molecule is CC(C)n1cc(CNc2cccc(-c3cnco3)c2)cn1. The molecule has 0 bridgehead atoms. The maximum atomic E-state index is 5.31. The molecule has 5 nitrogen and oxygen atoms in total. The summed E-state index contributed by atoms with van der Waals surface area (Å²) in [6.07, 6.45) is 7.12. The fourth-order valence-corrected chi connectivity index (χ4v) is 2.10. The Morgan fingerprint density at radius 3 is 2.90 bits per heavy atom. The first kappa shape index (κ1) is 13.4. The highest BCUT2D eigenvalue weighted by atomic mass is 16.3. The monoisotopic (exact) mass is 282 g/mol. The highest BCUT2D eigenvalue weighted by Crippen LogP contribution is 2.22. The second kappa shape index (κ2) is 5.83. The van der Waals surface area contributed by atoms with E-state index < -0.39 is 0 Å². The minimum atomic E-state index is 0.383. The number of rotatable bonds is 5. The number of hydrogen-bond acceptors (Lipinski definition) is 4. The average molecular weight is 282 g/mol. The van der Waals surface area contributed by atoms with E-state index in [0.717, 1.165) is 29.1 Å². The molecular weight excluding hydrogens is 264 g/mol. The molecule has 108 valence electrons. The van der Waals surface area contributed by atoms with Gasteiger partial charge < -0.3 is 9.73 Å². The summed E-state index contributed by atoms with van der Waals surface area (Å²) in [5, 5.41) is 7.74. The zero-order valence-electron chi connectivity index (χ0n) is 12.2. The number of anilines is 1. The highest BCUT2D eigenvalue weighted by molar-refractivity contribution is 5.63. The van der Waals surface area contributed by atoms with Crippen LogP contribution in [0.5, 0.6) is 0 Å². The van der Waals surface area contributed by atoms with Gasteiger partial charge in [-0.25, -0.2) is 4.98 Å². The molecule has 0 aliphatic heterocycles. The van der Waals surface area contributed by atoms with Crippen molar-refractivity contribution in [2.24, 2.45) is 0 Å². The van der Waals surface area contributed by atoms with Crippen molar-refractivity contribution in [2.75, 3.05) is 5.32 Å². The number of aromatic nitrogens is 3. The van der Waals surface area contributed by atoms with Gasteiger partial charge in [0.1, 0.15) is 0 Å². The van der Waals surface area contributed by atoms with Gasteiger partial charge in [-0.05, 0) is 26.0 Å². The number of benzene rings is 1. The van der Waals surface area contributed by atoms with Crippen LogP contribution in [0.1, 0.15) is 25.5 Å². The third-order valence-electron chi connectivity index (χ3n) is 3.26. The summed E-state index contributed by atoms with van der Waals surface area (Å²) in [5.41, 5.74) is 3.21. The van der Waals surface area contributed by atoms with Gasteiger partial charge in [-0.2, -0.15) is 5.10 Å². The molecule has 0 unspecified atom stereocenters. The maximum absolute atomic E-state index is 5.31. The lowest BCUT2D eigenvalue weighted by Gasteiger charge is -2.06. The molecule has 0 aliphatic rings. The fraction of sp³-hybridized carbons (Fsp3) is 0.250. The third kappa shape index (κ3) is 3.13. The summed E-state index contributed by atoms with van der Waals surface area (Å²) < 4.78 is 7.28. The normalized spacial score (nSPS) is 11.0. The third-order valence-corrected chi connectivity index (χ3v) is 3.26. The van der Waals surface area contributed by atoms with Gasteiger partial charge in [0.05, 0.1) is 12.4 Å². The van der Waals surface area contributed by atoms with E-state index in [0.29, 0.717) is 6.04 Å². The summed E-state index contributed by atoms with van der Waals surface area (Å²) in [5.74, 6) is 0.770. The van der Waals surface area contributed by atoms with E-state index in [2.05, 4.69) is 35.4 Å². The lowest BCUT2D eigenvalue weighted by molar-refractivity contribution is 0.532. The van der Waals surface area contributed by atoms with Crippen molar-refractivity contribution in [3.63, 3.8) is 0 Å². The van der Waals surface area contributed by atoms with E-state index >= 15 is 0 Å². The van der Waals surface area contributed by atoms with E-state index in [9.17, 15) is 0 Å². The molecule has 0 fully saturated rings. The summed E-state index contributed by atoms with van der Waals surface area (Å²) in [6.45, 7) is 4.97. The minimum absolute atomic E-state index is 0.383. The van der Waals surface area contributed by atoms with E-state index in [1.165, 1.54) is 6.39 Å². The van der Waals surface area contributed by atoms with Gasteiger partial charge in [0.2, 0.25) is 0 Å². The Hall–Kier alpha value is -2.56. The van der Waals surface area contributed by atoms with E-state index in [1.807, 2.05) is 35.1 Å². The van der Waals surface area contributed by atoms with Gasteiger partial charge in [0.15, 0.2) is 12.2 Å². The standard InChI is InChI=1S/C16H18N4O/c1-12(2)20-10-13(8-19-20)7-18-15-5-3-4-14(6-15)16-9-17-11-21-16/h3-6,8-12,18H,7H2,1-2H3. The van der Waals surface area contributed by atoms with Crippen LogP contribution in [0.2, 0.25) is 0 Å². The van der Waals surface area contributed by atoms with Crippen molar-refractivity contribution >= 4 is 5.69 Å². The fourth-order valence-electron chi connectivity index (χ4n) is 2.10. The molecule has 0 saturated heterocycles. The molecule has 2 aromatic heterocycles. The van der Waals surface area contributed by atoms with E-state index in [1.54, 1.807) is 6.20 Å². The zero-order valence-corrected chi connectivity index (χ0v) is 12.2. The largest absolute Gasteiger partial charge is 0.444 e. The zero-order chi connectivity index (χ0) is 14.7. The lowest BCUT2D eigenvalue weighted by Crippen LogP contribution is -2.01. The van der Waals surface area contributed by atoms with Crippen LogP contribution < -0.4 is 5.32 Å². The number of nitrogens with zero attached hydrogens (tertiary/aromatic N) is 3. The Morgan fingerprint density at radius 1 is 1.29 bits per heavy atom. The Balaban J connectivity index is 1.69. The smallest absolute Gasteiger partial charge is 0.181 e. The molecule has 1 aromatic carbocycles. The molecule has 0 saturated carbocycles. The number of nitrogens with one attached hydrogen (secondary N) is 1. The molecule has 0 aliphatic carbocycles. The minimum Gasteiger partial charge on any atom is -0.444 e. The van der Waals surface area contributed by atoms with Crippen LogP contribution in [0.25, 0.3) is 11.3 Å². The Labute approximate surface area is 123 Å². The highest BCUT2D eigenvalue weighted by Gasteiger charge is 2.04. The Morgan fingerprint density at radius 2 is 2.19 bits per heavy atom. The summed E-state index contributed by atoms with van der Waals surface area (Å²) >= 11 is 0. The van der Waals surface area contributed by atoms with Crippen molar-refractivity contribution in [3.05, 3.63) is 54.8 Å². The number of hydrogen-bond donors (Lipinski definition) is 1. The summed E-state index contributed by atoms with van der Waals surface area (Å²) in [6, 6.07) is 8.47. The van der Waals surface area contributed by atoms with Gasteiger partial charge in [0.25, 0.3) is 0 Å². The van der Waals surface area contributed by atoms with Crippen LogP contribution in [-0.2, 0) is 6.54 Å². The van der Waals surface area contributed by atoms with E-state index in [-0.39, 0.29) is 0 Å².